The van der Waals surface area contributed by atoms with Crippen LogP contribution < -0.4 is 4.74 Å². The smallest absolute Gasteiger partial charge is 0.127 e. The van der Waals surface area contributed by atoms with Crippen molar-refractivity contribution in [1.82, 2.24) is 0 Å². The molecule has 0 radical (unpaired) electrons. The van der Waals surface area contributed by atoms with Crippen molar-refractivity contribution in [3.8, 4) is 5.75 Å². The molecule has 2 atom stereocenters. The van der Waals surface area contributed by atoms with Crippen molar-refractivity contribution in [2.45, 2.75) is 18.6 Å². The highest BCUT2D eigenvalue weighted by molar-refractivity contribution is 9.10. The molecule has 2 nitrogen and oxygen atoms in total. The lowest BCUT2D eigenvalue weighted by atomic mass is 9.95. The molecule has 0 aromatic heterocycles. The average molecular weight is 374 g/mol. The molecule has 5 heteroatoms. The minimum absolute atomic E-state index is 0.261. The zero-order valence-electron chi connectivity index (χ0n) is 10.3. The van der Waals surface area contributed by atoms with Crippen LogP contribution in [0.5, 0.6) is 5.75 Å². The minimum Gasteiger partial charge on any atom is -0.485 e. The van der Waals surface area contributed by atoms with Crippen molar-refractivity contribution < 1.29 is 9.84 Å². The van der Waals surface area contributed by atoms with E-state index in [0.717, 1.165) is 15.6 Å². The number of halogens is 3. The van der Waals surface area contributed by atoms with Crippen molar-refractivity contribution in [2.24, 2.45) is 0 Å². The second kappa shape index (κ2) is 5.57. The van der Waals surface area contributed by atoms with Crippen LogP contribution in [0, 0.1) is 0 Å². The Morgan fingerprint density at radius 3 is 2.50 bits per heavy atom. The maximum Gasteiger partial charge on any atom is 0.127 e. The van der Waals surface area contributed by atoms with Gasteiger partial charge in [-0.15, -0.1) is 0 Å². The molecule has 1 heterocycles. The first kappa shape index (κ1) is 14.2. The van der Waals surface area contributed by atoms with E-state index in [1.807, 2.05) is 30.3 Å². The van der Waals surface area contributed by atoms with Crippen LogP contribution >= 0.6 is 39.1 Å². The number of fused-ring (bicyclic) bond motifs is 1. The summed E-state index contributed by atoms with van der Waals surface area (Å²) in [5.41, 5.74) is 1.67. The lowest BCUT2D eigenvalue weighted by Crippen LogP contribution is -2.19. The standard InChI is InChI=1S/C15H11BrCl2O2/c16-9-1-2-12-13(19)7-14(20-15(12)5-9)8-3-10(17)6-11(18)4-8/h1-6,13-14,19H,7H2. The summed E-state index contributed by atoms with van der Waals surface area (Å²) in [6.07, 6.45) is -0.344. The van der Waals surface area contributed by atoms with Gasteiger partial charge in [0.2, 0.25) is 0 Å². The van der Waals surface area contributed by atoms with E-state index in [1.165, 1.54) is 0 Å². The fourth-order valence-electron chi connectivity index (χ4n) is 2.38. The van der Waals surface area contributed by atoms with Crippen molar-refractivity contribution in [1.29, 1.82) is 0 Å². The summed E-state index contributed by atoms with van der Waals surface area (Å²) in [7, 11) is 0. The van der Waals surface area contributed by atoms with Gasteiger partial charge in [-0.3, -0.25) is 0 Å². The minimum atomic E-state index is -0.561. The summed E-state index contributed by atoms with van der Waals surface area (Å²) in [4.78, 5) is 0. The SMILES string of the molecule is OC1CC(c2cc(Cl)cc(Cl)c2)Oc2cc(Br)ccc21. The molecule has 1 aliphatic heterocycles. The summed E-state index contributed by atoms with van der Waals surface area (Å²) in [6.45, 7) is 0. The van der Waals surface area contributed by atoms with Gasteiger partial charge in [-0.25, -0.2) is 0 Å². The summed E-state index contributed by atoms with van der Waals surface area (Å²) >= 11 is 15.4. The first-order valence-corrected chi connectivity index (χ1v) is 7.68. The van der Waals surface area contributed by atoms with E-state index in [1.54, 1.807) is 6.07 Å². The van der Waals surface area contributed by atoms with Crippen molar-refractivity contribution in [3.63, 3.8) is 0 Å². The molecule has 1 aliphatic rings. The van der Waals surface area contributed by atoms with E-state index >= 15 is 0 Å². The van der Waals surface area contributed by atoms with Gasteiger partial charge in [-0.05, 0) is 35.9 Å². The van der Waals surface area contributed by atoms with Gasteiger partial charge in [0.15, 0.2) is 0 Å². The molecule has 0 fully saturated rings. The Hall–Kier alpha value is -0.740. The molecule has 0 saturated heterocycles. The van der Waals surface area contributed by atoms with E-state index in [-0.39, 0.29) is 6.10 Å². The van der Waals surface area contributed by atoms with Crippen LogP contribution in [0.2, 0.25) is 10.0 Å². The Morgan fingerprint density at radius 1 is 1.10 bits per heavy atom. The third-order valence-corrected chi connectivity index (χ3v) is 4.23. The lowest BCUT2D eigenvalue weighted by molar-refractivity contribution is 0.0657. The molecule has 104 valence electrons. The number of aliphatic hydroxyl groups excluding tert-OH is 1. The average Bonchev–Trinajstić information content (AvgIpc) is 2.36. The molecule has 0 saturated carbocycles. The van der Waals surface area contributed by atoms with Crippen molar-refractivity contribution >= 4 is 39.1 Å². The second-order valence-corrected chi connectivity index (χ2v) is 6.53. The van der Waals surface area contributed by atoms with Crippen LogP contribution in [0.1, 0.15) is 29.8 Å². The largest absolute Gasteiger partial charge is 0.485 e. The highest BCUT2D eigenvalue weighted by Crippen LogP contribution is 2.42. The van der Waals surface area contributed by atoms with Gasteiger partial charge in [-0.1, -0.05) is 45.2 Å². The fourth-order valence-corrected chi connectivity index (χ4v) is 3.26. The van der Waals surface area contributed by atoms with E-state index in [0.29, 0.717) is 22.2 Å². The zero-order chi connectivity index (χ0) is 14.3. The maximum atomic E-state index is 10.3. The monoisotopic (exact) mass is 372 g/mol. The molecule has 0 amide bonds. The molecule has 0 spiro atoms. The molecule has 2 aromatic rings. The van der Waals surface area contributed by atoms with Gasteiger partial charge in [0.05, 0.1) is 6.10 Å². The third kappa shape index (κ3) is 2.82. The number of benzene rings is 2. The van der Waals surface area contributed by atoms with E-state index in [2.05, 4.69) is 15.9 Å². The topological polar surface area (TPSA) is 29.5 Å². The van der Waals surface area contributed by atoms with Gasteiger partial charge in [-0.2, -0.15) is 0 Å². The molecule has 2 aromatic carbocycles. The molecule has 0 aliphatic carbocycles. The van der Waals surface area contributed by atoms with Crippen LogP contribution in [-0.2, 0) is 0 Å². The molecule has 0 bridgehead atoms. The van der Waals surface area contributed by atoms with Gasteiger partial charge in [0, 0.05) is 26.5 Å². The Morgan fingerprint density at radius 2 is 1.80 bits per heavy atom. The van der Waals surface area contributed by atoms with Crippen LogP contribution in [0.3, 0.4) is 0 Å². The van der Waals surface area contributed by atoms with E-state index in [4.69, 9.17) is 27.9 Å². The molecule has 3 rings (SSSR count). The molecule has 20 heavy (non-hydrogen) atoms. The lowest BCUT2D eigenvalue weighted by Gasteiger charge is -2.30. The maximum absolute atomic E-state index is 10.3. The first-order chi connectivity index (χ1) is 9.52. The highest BCUT2D eigenvalue weighted by Gasteiger charge is 2.28. The number of hydrogen-bond donors (Lipinski definition) is 1. The predicted molar refractivity (Wildman–Crippen MR) is 83.5 cm³/mol. The first-order valence-electron chi connectivity index (χ1n) is 6.13. The van der Waals surface area contributed by atoms with E-state index in [9.17, 15) is 5.11 Å². The Labute approximate surface area is 135 Å². The molecule has 1 N–H and O–H groups in total. The van der Waals surface area contributed by atoms with Gasteiger partial charge in [0.25, 0.3) is 0 Å². The number of aliphatic hydroxyl groups is 1. The van der Waals surface area contributed by atoms with Gasteiger partial charge >= 0.3 is 0 Å². The summed E-state index contributed by atoms with van der Waals surface area (Å²) < 4.78 is 6.88. The Bertz CT molecular complexity index is 640. The number of ether oxygens (including phenoxy) is 1. The number of hydrogen-bond acceptors (Lipinski definition) is 2. The summed E-state index contributed by atoms with van der Waals surface area (Å²) in [5, 5.41) is 11.4. The second-order valence-electron chi connectivity index (χ2n) is 4.74. The third-order valence-electron chi connectivity index (χ3n) is 3.30. The fraction of sp³-hybridized carbons (Fsp3) is 0.200. The quantitative estimate of drug-likeness (QED) is 0.733. The van der Waals surface area contributed by atoms with Gasteiger partial charge in [0.1, 0.15) is 11.9 Å². The van der Waals surface area contributed by atoms with Crippen LogP contribution in [-0.4, -0.2) is 5.11 Å². The molecular weight excluding hydrogens is 363 g/mol. The van der Waals surface area contributed by atoms with E-state index < -0.39 is 6.10 Å². The highest BCUT2D eigenvalue weighted by atomic mass is 79.9. The van der Waals surface area contributed by atoms with Crippen LogP contribution in [0.4, 0.5) is 0 Å². The molecular formula is C15H11BrCl2O2. The van der Waals surface area contributed by atoms with Crippen LogP contribution in [0.15, 0.2) is 40.9 Å². The van der Waals surface area contributed by atoms with Crippen molar-refractivity contribution in [2.75, 3.05) is 0 Å². The summed E-state index contributed by atoms with van der Waals surface area (Å²) in [6, 6.07) is 10.9. The normalized spacial score (nSPS) is 21.2. The Balaban J connectivity index is 1.98. The van der Waals surface area contributed by atoms with Gasteiger partial charge < -0.3 is 9.84 Å². The van der Waals surface area contributed by atoms with Crippen LogP contribution in [0.25, 0.3) is 0 Å². The number of rotatable bonds is 1. The molecule has 2 unspecified atom stereocenters. The van der Waals surface area contributed by atoms with Crippen molar-refractivity contribution in [3.05, 3.63) is 62.0 Å². The Kier molecular flexibility index (Phi) is 3.95. The zero-order valence-corrected chi connectivity index (χ0v) is 13.4. The predicted octanol–water partition coefficient (Wildman–Crippen LogP) is 5.31. The summed E-state index contributed by atoms with van der Waals surface area (Å²) in [5.74, 6) is 0.680.